The molecule has 1 heterocycles. The molecule has 140 valence electrons. The molecule has 8 heteroatoms. The minimum Gasteiger partial charge on any atom is -0.336 e. The van der Waals surface area contributed by atoms with E-state index in [1.165, 1.54) is 23.7 Å². The molecule has 1 atom stereocenters. The van der Waals surface area contributed by atoms with Gasteiger partial charge in [-0.05, 0) is 24.3 Å². The number of nitrogens with one attached hydrogen (secondary N) is 2. The molecule has 0 spiro atoms. The lowest BCUT2D eigenvalue weighted by Crippen LogP contribution is -2.39. The molecule has 0 aliphatic carbocycles. The summed E-state index contributed by atoms with van der Waals surface area (Å²) < 4.78 is 0. The zero-order valence-electron chi connectivity index (χ0n) is 14.6. The highest BCUT2D eigenvalue weighted by molar-refractivity contribution is 8.01. The van der Waals surface area contributed by atoms with Crippen molar-refractivity contribution in [1.29, 1.82) is 0 Å². The third-order valence-electron chi connectivity index (χ3n) is 4.02. The SMILES string of the molecule is CN(CC(=O)Nc1ccccc1Cl)C(=O)C[C@H]1Sc2ccccc2NC1=O. The molecule has 0 saturated carbocycles. The minimum atomic E-state index is -0.526. The van der Waals surface area contributed by atoms with E-state index in [1.54, 1.807) is 24.3 Å². The average molecular weight is 404 g/mol. The highest BCUT2D eigenvalue weighted by Gasteiger charge is 2.30. The third-order valence-corrected chi connectivity index (χ3v) is 5.63. The molecule has 6 nitrogen and oxygen atoms in total. The highest BCUT2D eigenvalue weighted by atomic mass is 35.5. The maximum atomic E-state index is 12.5. The number of carbonyl (C=O) groups excluding carboxylic acids is 3. The summed E-state index contributed by atoms with van der Waals surface area (Å²) in [6.45, 7) is -0.125. The highest BCUT2D eigenvalue weighted by Crippen LogP contribution is 2.36. The van der Waals surface area contributed by atoms with Gasteiger partial charge in [0, 0.05) is 18.4 Å². The van der Waals surface area contributed by atoms with E-state index in [-0.39, 0.29) is 30.7 Å². The van der Waals surface area contributed by atoms with Gasteiger partial charge in [-0.25, -0.2) is 0 Å². The van der Waals surface area contributed by atoms with Crippen molar-refractivity contribution in [2.45, 2.75) is 16.6 Å². The van der Waals surface area contributed by atoms with E-state index in [0.717, 1.165) is 10.6 Å². The number of likely N-dealkylation sites (N-methyl/N-ethyl adjacent to an activating group) is 1. The molecule has 0 radical (unpaired) electrons. The van der Waals surface area contributed by atoms with Crippen LogP contribution in [0.1, 0.15) is 6.42 Å². The van der Waals surface area contributed by atoms with E-state index in [1.807, 2.05) is 24.3 Å². The molecule has 0 bridgehead atoms. The van der Waals surface area contributed by atoms with Crippen LogP contribution in [0.4, 0.5) is 11.4 Å². The summed E-state index contributed by atoms with van der Waals surface area (Å²) in [5.74, 6) is -0.845. The Labute approximate surface area is 166 Å². The monoisotopic (exact) mass is 403 g/mol. The number of amides is 3. The lowest BCUT2D eigenvalue weighted by Gasteiger charge is -2.25. The molecule has 27 heavy (non-hydrogen) atoms. The molecule has 2 aromatic rings. The molecule has 1 aliphatic heterocycles. The standard InChI is InChI=1S/C19H18ClN3O3S/c1-23(11-17(24)21-13-7-3-2-6-12(13)20)18(25)10-16-19(26)22-14-8-4-5-9-15(14)27-16/h2-9,16H,10-11H2,1H3,(H,21,24)(H,22,26)/t16-/m1/s1. The van der Waals surface area contributed by atoms with Crippen LogP contribution in [0, 0.1) is 0 Å². The number of anilines is 2. The van der Waals surface area contributed by atoms with Gasteiger partial charge in [-0.15, -0.1) is 11.8 Å². The van der Waals surface area contributed by atoms with Gasteiger partial charge in [0.2, 0.25) is 17.7 Å². The van der Waals surface area contributed by atoms with E-state index in [4.69, 9.17) is 11.6 Å². The van der Waals surface area contributed by atoms with Gasteiger partial charge in [-0.3, -0.25) is 14.4 Å². The first kappa shape index (κ1) is 19.3. The fourth-order valence-electron chi connectivity index (χ4n) is 2.60. The van der Waals surface area contributed by atoms with Crippen LogP contribution in [0.2, 0.25) is 5.02 Å². The van der Waals surface area contributed by atoms with Crippen LogP contribution in [-0.4, -0.2) is 41.5 Å². The lowest BCUT2D eigenvalue weighted by atomic mass is 10.2. The maximum Gasteiger partial charge on any atom is 0.244 e. The zero-order chi connectivity index (χ0) is 19.4. The molecule has 3 rings (SSSR count). The van der Waals surface area contributed by atoms with Crippen molar-refractivity contribution >= 4 is 52.5 Å². The molecule has 3 amide bonds. The molecular weight excluding hydrogens is 386 g/mol. The van der Waals surface area contributed by atoms with Gasteiger partial charge in [0.05, 0.1) is 28.2 Å². The smallest absolute Gasteiger partial charge is 0.244 e. The Bertz CT molecular complexity index is 890. The van der Waals surface area contributed by atoms with Crippen LogP contribution in [0.15, 0.2) is 53.4 Å². The van der Waals surface area contributed by atoms with Crippen LogP contribution in [-0.2, 0) is 14.4 Å². The fraction of sp³-hybridized carbons (Fsp3) is 0.211. The van der Waals surface area contributed by atoms with Crippen LogP contribution in [0.3, 0.4) is 0 Å². The van der Waals surface area contributed by atoms with Gasteiger partial charge in [-0.2, -0.15) is 0 Å². The first-order chi connectivity index (χ1) is 12.9. The Morgan fingerprint density at radius 2 is 1.89 bits per heavy atom. The maximum absolute atomic E-state index is 12.5. The first-order valence-corrected chi connectivity index (χ1v) is 9.54. The average Bonchev–Trinajstić information content (AvgIpc) is 2.64. The Hall–Kier alpha value is -2.51. The number of para-hydroxylation sites is 2. The zero-order valence-corrected chi connectivity index (χ0v) is 16.1. The van der Waals surface area contributed by atoms with Crippen molar-refractivity contribution in [3.05, 3.63) is 53.6 Å². The van der Waals surface area contributed by atoms with Gasteiger partial charge < -0.3 is 15.5 Å². The molecular formula is C19H18ClN3O3S. The lowest BCUT2D eigenvalue weighted by molar-refractivity contribution is -0.134. The Morgan fingerprint density at radius 3 is 2.67 bits per heavy atom. The molecule has 2 N–H and O–H groups in total. The summed E-state index contributed by atoms with van der Waals surface area (Å²) in [5.41, 5.74) is 1.24. The number of hydrogen-bond acceptors (Lipinski definition) is 4. The van der Waals surface area contributed by atoms with Gasteiger partial charge in [0.1, 0.15) is 0 Å². The number of thioether (sulfide) groups is 1. The third kappa shape index (κ3) is 4.81. The number of hydrogen-bond donors (Lipinski definition) is 2. The van der Waals surface area contributed by atoms with Crippen molar-refractivity contribution in [2.75, 3.05) is 24.2 Å². The van der Waals surface area contributed by atoms with E-state index < -0.39 is 5.25 Å². The number of halogens is 1. The summed E-state index contributed by atoms with van der Waals surface area (Å²) in [5, 5.41) is 5.38. The topological polar surface area (TPSA) is 78.5 Å². The summed E-state index contributed by atoms with van der Waals surface area (Å²) in [7, 11) is 1.54. The second-order valence-corrected chi connectivity index (χ2v) is 7.73. The predicted octanol–water partition coefficient (Wildman–Crippen LogP) is 3.24. The Balaban J connectivity index is 1.55. The fourth-order valence-corrected chi connectivity index (χ4v) is 3.88. The summed E-state index contributed by atoms with van der Waals surface area (Å²) in [6.07, 6.45) is 0.0146. The van der Waals surface area contributed by atoms with E-state index >= 15 is 0 Å². The predicted molar refractivity (Wildman–Crippen MR) is 107 cm³/mol. The molecule has 0 fully saturated rings. The van der Waals surface area contributed by atoms with Gasteiger partial charge in [0.25, 0.3) is 0 Å². The summed E-state index contributed by atoms with van der Waals surface area (Å²) in [6, 6.07) is 14.3. The number of rotatable bonds is 5. The van der Waals surface area contributed by atoms with Crippen molar-refractivity contribution in [3.63, 3.8) is 0 Å². The molecule has 0 unspecified atom stereocenters. The number of nitrogens with zero attached hydrogens (tertiary/aromatic N) is 1. The Morgan fingerprint density at radius 1 is 1.19 bits per heavy atom. The van der Waals surface area contributed by atoms with E-state index in [0.29, 0.717) is 10.7 Å². The quantitative estimate of drug-likeness (QED) is 0.803. The molecule has 1 aliphatic rings. The van der Waals surface area contributed by atoms with Gasteiger partial charge in [-0.1, -0.05) is 35.9 Å². The van der Waals surface area contributed by atoms with Crippen molar-refractivity contribution in [3.8, 4) is 0 Å². The molecule has 2 aromatic carbocycles. The minimum absolute atomic E-state index is 0.0146. The van der Waals surface area contributed by atoms with Crippen LogP contribution in [0.25, 0.3) is 0 Å². The number of benzene rings is 2. The second-order valence-electron chi connectivity index (χ2n) is 6.07. The largest absolute Gasteiger partial charge is 0.336 e. The first-order valence-electron chi connectivity index (χ1n) is 8.29. The van der Waals surface area contributed by atoms with Crippen molar-refractivity contribution < 1.29 is 14.4 Å². The van der Waals surface area contributed by atoms with Crippen molar-refractivity contribution in [2.24, 2.45) is 0 Å². The van der Waals surface area contributed by atoms with Crippen LogP contribution in [0.5, 0.6) is 0 Å². The van der Waals surface area contributed by atoms with Crippen LogP contribution >= 0.6 is 23.4 Å². The summed E-state index contributed by atoms with van der Waals surface area (Å²) in [4.78, 5) is 39.1. The van der Waals surface area contributed by atoms with E-state index in [9.17, 15) is 14.4 Å². The molecule has 0 aromatic heterocycles. The summed E-state index contributed by atoms with van der Waals surface area (Å²) >= 11 is 7.37. The number of carbonyl (C=O) groups is 3. The Kier molecular flexibility index (Phi) is 6.03. The molecule has 0 saturated heterocycles. The van der Waals surface area contributed by atoms with Gasteiger partial charge >= 0.3 is 0 Å². The van der Waals surface area contributed by atoms with Crippen molar-refractivity contribution in [1.82, 2.24) is 4.90 Å². The second kappa shape index (κ2) is 8.45. The van der Waals surface area contributed by atoms with E-state index in [2.05, 4.69) is 10.6 Å². The number of fused-ring (bicyclic) bond motifs is 1. The van der Waals surface area contributed by atoms with Crippen LogP contribution < -0.4 is 10.6 Å². The van der Waals surface area contributed by atoms with Gasteiger partial charge in [0.15, 0.2) is 0 Å². The normalized spacial score (nSPS) is 15.5.